The maximum atomic E-state index is 11.4. The second-order valence-corrected chi connectivity index (χ2v) is 6.60. The number of aliphatic carboxylic acids is 1. The molecule has 4 rings (SSSR count). The van der Waals surface area contributed by atoms with Crippen LogP contribution in [-0.2, 0) is 16.8 Å². The smallest absolute Gasteiger partial charge is 0.347 e. The van der Waals surface area contributed by atoms with Gasteiger partial charge in [-0.25, -0.2) is 9.78 Å². The Morgan fingerprint density at radius 2 is 2.12 bits per heavy atom. The van der Waals surface area contributed by atoms with Gasteiger partial charge < -0.3 is 14.6 Å². The molecular weight excluding hydrogens is 360 g/mol. The number of hydrogen-bond donors (Lipinski definition) is 3. The van der Waals surface area contributed by atoms with Crippen LogP contribution in [0, 0.1) is 0 Å². The van der Waals surface area contributed by atoms with Crippen LogP contribution in [0.1, 0.15) is 17.7 Å². The van der Waals surface area contributed by atoms with Crippen molar-refractivity contribution in [2.45, 2.75) is 18.4 Å². The fourth-order valence-electron chi connectivity index (χ4n) is 3.39. The Morgan fingerprint density at radius 1 is 1.31 bits per heavy atom. The fourth-order valence-corrected chi connectivity index (χ4v) is 3.56. The van der Waals surface area contributed by atoms with E-state index in [2.05, 4.69) is 4.98 Å². The van der Waals surface area contributed by atoms with Gasteiger partial charge in [0.1, 0.15) is 0 Å². The fraction of sp³-hybridized carbons (Fsp3) is 0.167. The molecule has 1 aromatic carbocycles. The summed E-state index contributed by atoms with van der Waals surface area (Å²) in [4.78, 5) is 15.4. The molecule has 3 aromatic rings. The first-order chi connectivity index (χ1) is 12.4. The number of nitrogens with zero attached hydrogens (tertiary/aromatic N) is 2. The summed E-state index contributed by atoms with van der Waals surface area (Å²) in [6.07, 6.45) is 4.55. The normalized spacial score (nSPS) is 18.7. The van der Waals surface area contributed by atoms with Crippen molar-refractivity contribution in [2.75, 3.05) is 0 Å². The second-order valence-electron chi connectivity index (χ2n) is 6.17. The van der Waals surface area contributed by atoms with Crippen LogP contribution in [0.4, 0.5) is 0 Å². The number of pyridine rings is 1. The average molecular weight is 374 g/mol. The quantitative estimate of drug-likeness (QED) is 0.480. The van der Waals surface area contributed by atoms with Crippen LogP contribution in [0.15, 0.2) is 47.5 Å². The molecule has 0 aliphatic heterocycles. The molecular formula is C18H14ClN2O5+. The maximum absolute atomic E-state index is 11.4. The van der Waals surface area contributed by atoms with Crippen molar-refractivity contribution in [1.29, 1.82) is 0 Å². The van der Waals surface area contributed by atoms with E-state index in [-0.39, 0.29) is 12.1 Å². The Morgan fingerprint density at radius 3 is 2.81 bits per heavy atom. The number of carbonyl (C=O) groups is 1. The first kappa shape index (κ1) is 16.6. The maximum Gasteiger partial charge on any atom is 0.347 e. The largest absolute Gasteiger partial charge is 0.479 e. The van der Waals surface area contributed by atoms with E-state index >= 15 is 0 Å². The number of hydrogen-bond acceptors (Lipinski definition) is 5. The number of fused-ring (bicyclic) bond motifs is 1. The minimum atomic E-state index is -2.11. The van der Waals surface area contributed by atoms with Gasteiger partial charge in [0.25, 0.3) is 11.3 Å². The lowest BCUT2D eigenvalue weighted by atomic mass is 9.97. The molecule has 26 heavy (non-hydrogen) atoms. The molecule has 1 unspecified atom stereocenters. The van der Waals surface area contributed by atoms with Crippen molar-refractivity contribution < 1.29 is 29.4 Å². The summed E-state index contributed by atoms with van der Waals surface area (Å²) in [7, 11) is 0. The molecule has 0 fully saturated rings. The number of aliphatic hydroxyl groups is 1. The zero-order valence-corrected chi connectivity index (χ0v) is 14.1. The lowest BCUT2D eigenvalue weighted by molar-refractivity contribution is -0.912. The number of oxazole rings is 1. The molecule has 2 aromatic heterocycles. The van der Waals surface area contributed by atoms with E-state index in [0.717, 1.165) is 5.56 Å². The highest BCUT2D eigenvalue weighted by Gasteiger charge is 2.52. The van der Waals surface area contributed by atoms with Gasteiger partial charge in [-0.3, -0.25) is 5.21 Å². The summed E-state index contributed by atoms with van der Waals surface area (Å²) >= 11 is 6.14. The zero-order valence-electron chi connectivity index (χ0n) is 13.4. The van der Waals surface area contributed by atoms with Crippen LogP contribution >= 0.6 is 11.6 Å². The molecule has 0 saturated carbocycles. The summed E-state index contributed by atoms with van der Waals surface area (Å²) < 4.78 is 6.05. The molecule has 1 aliphatic rings. The van der Waals surface area contributed by atoms with Gasteiger partial charge in [-0.2, -0.15) is 0 Å². The van der Waals surface area contributed by atoms with Crippen LogP contribution in [-0.4, -0.2) is 26.4 Å². The van der Waals surface area contributed by atoms with Gasteiger partial charge in [0.05, 0.1) is 11.8 Å². The van der Waals surface area contributed by atoms with Crippen molar-refractivity contribution in [1.82, 2.24) is 4.98 Å². The Kier molecular flexibility index (Phi) is 3.71. The summed E-state index contributed by atoms with van der Waals surface area (Å²) in [6.45, 7) is 0. The SMILES string of the molecule is O=C(O)C1(O)CCc2cc(-c3cc(Cl)ccc3-c3cnco3)c[n+](O)c21. The molecule has 2 heterocycles. The van der Waals surface area contributed by atoms with E-state index < -0.39 is 11.6 Å². The number of carboxylic acids is 1. The predicted molar refractivity (Wildman–Crippen MR) is 89.6 cm³/mol. The van der Waals surface area contributed by atoms with Gasteiger partial charge in [0.2, 0.25) is 6.20 Å². The standard InChI is InChI=1S/C18H13ClN2O5/c19-12-1-2-13(15-7-20-9-26-15)14(6-12)11-5-10-3-4-18(24,17(22)23)16(10)21(25)8-11/h1-2,5-9,24H,3-4H2,(H-,22,23,25)/p+1. The van der Waals surface area contributed by atoms with Gasteiger partial charge >= 0.3 is 5.97 Å². The van der Waals surface area contributed by atoms with Gasteiger partial charge in [-0.05, 0) is 30.7 Å². The highest BCUT2D eigenvalue weighted by molar-refractivity contribution is 6.31. The highest BCUT2D eigenvalue weighted by atomic mass is 35.5. The molecule has 0 saturated heterocycles. The van der Waals surface area contributed by atoms with Crippen molar-refractivity contribution in [3.8, 4) is 22.5 Å². The van der Waals surface area contributed by atoms with Crippen LogP contribution in [0.25, 0.3) is 22.5 Å². The van der Waals surface area contributed by atoms with Crippen molar-refractivity contribution in [3.63, 3.8) is 0 Å². The average Bonchev–Trinajstić information content (AvgIpc) is 3.24. The number of carboxylic acid groups (broad SMARTS) is 1. The molecule has 0 radical (unpaired) electrons. The van der Waals surface area contributed by atoms with Crippen LogP contribution in [0.3, 0.4) is 0 Å². The first-order valence-electron chi connectivity index (χ1n) is 7.83. The van der Waals surface area contributed by atoms with E-state index in [0.29, 0.717) is 38.6 Å². The lowest BCUT2D eigenvalue weighted by Crippen LogP contribution is -2.46. The van der Waals surface area contributed by atoms with E-state index in [9.17, 15) is 20.2 Å². The van der Waals surface area contributed by atoms with E-state index in [1.165, 1.54) is 12.6 Å². The van der Waals surface area contributed by atoms with Crippen molar-refractivity contribution >= 4 is 17.6 Å². The van der Waals surface area contributed by atoms with Gasteiger partial charge in [0, 0.05) is 32.9 Å². The molecule has 8 heteroatoms. The molecule has 7 nitrogen and oxygen atoms in total. The minimum Gasteiger partial charge on any atom is -0.479 e. The third-order valence-corrected chi connectivity index (χ3v) is 4.85. The Labute approximate surface area is 152 Å². The Balaban J connectivity index is 1.91. The number of aromatic nitrogens is 2. The number of halogens is 1. The number of aryl methyl sites for hydroxylation is 1. The van der Waals surface area contributed by atoms with E-state index in [4.69, 9.17) is 16.0 Å². The lowest BCUT2D eigenvalue weighted by Gasteiger charge is -2.14. The monoisotopic (exact) mass is 373 g/mol. The van der Waals surface area contributed by atoms with Crippen molar-refractivity contribution in [3.05, 3.63) is 59.3 Å². The highest BCUT2D eigenvalue weighted by Crippen LogP contribution is 2.39. The van der Waals surface area contributed by atoms with E-state index in [1.54, 1.807) is 30.5 Å². The molecule has 0 bridgehead atoms. The van der Waals surface area contributed by atoms with Gasteiger partial charge in [0.15, 0.2) is 12.2 Å². The Hall–Kier alpha value is -2.90. The zero-order chi connectivity index (χ0) is 18.5. The summed E-state index contributed by atoms with van der Waals surface area (Å²) in [5, 5.41) is 30.6. The summed E-state index contributed by atoms with van der Waals surface area (Å²) in [5.41, 5.74) is 0.430. The topological polar surface area (TPSA) is 108 Å². The third kappa shape index (κ3) is 2.44. The predicted octanol–water partition coefficient (Wildman–Crippen LogP) is 2.41. The van der Waals surface area contributed by atoms with Gasteiger partial charge in [-0.15, -0.1) is 0 Å². The molecule has 3 N–H and O–H groups in total. The molecule has 1 atom stereocenters. The summed E-state index contributed by atoms with van der Waals surface area (Å²) in [6, 6.07) is 6.96. The van der Waals surface area contributed by atoms with Crippen molar-refractivity contribution in [2.24, 2.45) is 0 Å². The molecule has 1 aliphatic carbocycles. The van der Waals surface area contributed by atoms with Crippen LogP contribution < -0.4 is 4.73 Å². The molecule has 132 valence electrons. The molecule has 0 amide bonds. The van der Waals surface area contributed by atoms with Crippen LogP contribution in [0.5, 0.6) is 0 Å². The third-order valence-electron chi connectivity index (χ3n) is 4.62. The van der Waals surface area contributed by atoms with Gasteiger partial charge in [-0.1, -0.05) is 11.6 Å². The molecule has 0 spiro atoms. The second kappa shape index (κ2) is 5.82. The minimum absolute atomic E-state index is 0.00775. The number of rotatable bonds is 3. The Bertz CT molecular complexity index is 1020. The first-order valence-corrected chi connectivity index (χ1v) is 8.21. The number of benzene rings is 1. The van der Waals surface area contributed by atoms with E-state index in [1.807, 2.05) is 0 Å². The summed E-state index contributed by atoms with van der Waals surface area (Å²) in [5.74, 6) is -0.861. The van der Waals surface area contributed by atoms with Crippen LogP contribution in [0.2, 0.25) is 5.02 Å².